The van der Waals surface area contributed by atoms with E-state index in [9.17, 15) is 4.39 Å². The lowest BCUT2D eigenvalue weighted by atomic mass is 10.2. The Balaban J connectivity index is 2.50. The molecule has 0 saturated heterocycles. The van der Waals surface area contributed by atoms with E-state index in [2.05, 4.69) is 0 Å². The molecule has 0 aliphatic heterocycles. The Morgan fingerprint density at radius 3 is 2.93 bits per heavy atom. The molecule has 1 atom stereocenters. The molecular formula is C11H13FN2. The molecule has 0 spiro atoms. The first kappa shape index (κ1) is 9.21. The minimum absolute atomic E-state index is 0.0777. The zero-order valence-electron chi connectivity index (χ0n) is 8.07. The fourth-order valence-electron chi connectivity index (χ4n) is 1.63. The molecule has 0 bridgehead atoms. The van der Waals surface area contributed by atoms with Gasteiger partial charge in [-0.05, 0) is 36.6 Å². The van der Waals surface area contributed by atoms with Crippen LogP contribution in [0.2, 0.25) is 0 Å². The average Bonchev–Trinajstić information content (AvgIpc) is 2.47. The van der Waals surface area contributed by atoms with Crippen LogP contribution in [0, 0.1) is 5.82 Å². The van der Waals surface area contributed by atoms with E-state index in [1.807, 2.05) is 23.8 Å². The zero-order valence-corrected chi connectivity index (χ0v) is 8.07. The van der Waals surface area contributed by atoms with Crippen molar-refractivity contribution >= 4 is 10.9 Å². The monoisotopic (exact) mass is 192 g/mol. The third-order valence-corrected chi connectivity index (χ3v) is 2.22. The Labute approximate surface area is 82.1 Å². The predicted octanol–water partition coefficient (Wildman–Crippen LogP) is 2.13. The molecule has 2 aromatic rings. The maximum Gasteiger partial charge on any atom is 0.125 e. The quantitative estimate of drug-likeness (QED) is 0.776. The summed E-state index contributed by atoms with van der Waals surface area (Å²) in [6, 6.07) is 6.84. The second-order valence-electron chi connectivity index (χ2n) is 3.65. The predicted molar refractivity (Wildman–Crippen MR) is 55.5 cm³/mol. The van der Waals surface area contributed by atoms with Crippen molar-refractivity contribution in [3.63, 3.8) is 0 Å². The van der Waals surface area contributed by atoms with Gasteiger partial charge in [0.1, 0.15) is 5.82 Å². The lowest BCUT2D eigenvalue weighted by molar-refractivity contribution is 0.600. The summed E-state index contributed by atoms with van der Waals surface area (Å²) in [6.45, 7) is 2.65. The van der Waals surface area contributed by atoms with Crippen LogP contribution in [0.5, 0.6) is 0 Å². The van der Waals surface area contributed by atoms with Crippen LogP contribution in [0.25, 0.3) is 10.9 Å². The number of nitrogens with two attached hydrogens (primary N) is 1. The van der Waals surface area contributed by atoms with E-state index in [0.717, 1.165) is 10.9 Å². The summed E-state index contributed by atoms with van der Waals surface area (Å²) in [5.74, 6) is -0.206. The van der Waals surface area contributed by atoms with Gasteiger partial charge < -0.3 is 10.3 Å². The Morgan fingerprint density at radius 1 is 1.43 bits per heavy atom. The molecule has 3 heteroatoms. The third kappa shape index (κ3) is 1.63. The van der Waals surface area contributed by atoms with Gasteiger partial charge in [-0.15, -0.1) is 0 Å². The average molecular weight is 192 g/mol. The summed E-state index contributed by atoms with van der Waals surface area (Å²) in [6.07, 6.45) is 1.94. The molecule has 2 nitrogen and oxygen atoms in total. The molecule has 1 aromatic carbocycles. The fourth-order valence-corrected chi connectivity index (χ4v) is 1.63. The minimum Gasteiger partial charge on any atom is -0.346 e. The summed E-state index contributed by atoms with van der Waals surface area (Å²) in [4.78, 5) is 0. The molecular weight excluding hydrogens is 179 g/mol. The number of nitrogens with zero attached hydrogens (tertiary/aromatic N) is 1. The standard InChI is InChI=1S/C11H13FN2/c1-8(13)7-14-5-4-9-2-3-10(12)6-11(9)14/h2-6,8H,7,13H2,1H3/t8-/m1/s1. The first-order valence-corrected chi connectivity index (χ1v) is 4.67. The fraction of sp³-hybridized carbons (Fsp3) is 0.273. The van der Waals surface area contributed by atoms with Crippen LogP contribution in [0.3, 0.4) is 0 Å². The van der Waals surface area contributed by atoms with Crippen molar-refractivity contribution in [1.29, 1.82) is 0 Å². The van der Waals surface area contributed by atoms with E-state index in [1.54, 1.807) is 6.07 Å². The number of rotatable bonds is 2. The summed E-state index contributed by atoms with van der Waals surface area (Å²) in [5.41, 5.74) is 6.60. The van der Waals surface area contributed by atoms with Gasteiger partial charge in [0.05, 0.1) is 5.52 Å². The summed E-state index contributed by atoms with van der Waals surface area (Å²) < 4.78 is 15.0. The number of halogens is 1. The Morgan fingerprint density at radius 2 is 2.21 bits per heavy atom. The smallest absolute Gasteiger partial charge is 0.125 e. The van der Waals surface area contributed by atoms with Crippen LogP contribution >= 0.6 is 0 Å². The van der Waals surface area contributed by atoms with E-state index in [-0.39, 0.29) is 11.9 Å². The summed E-state index contributed by atoms with van der Waals surface area (Å²) in [7, 11) is 0. The number of hydrogen-bond acceptors (Lipinski definition) is 1. The second kappa shape index (κ2) is 3.42. The van der Waals surface area contributed by atoms with Crippen molar-refractivity contribution in [2.75, 3.05) is 0 Å². The van der Waals surface area contributed by atoms with Crippen molar-refractivity contribution in [2.45, 2.75) is 19.5 Å². The minimum atomic E-state index is -0.206. The molecule has 2 N–H and O–H groups in total. The maximum absolute atomic E-state index is 13.0. The largest absolute Gasteiger partial charge is 0.346 e. The molecule has 1 heterocycles. The van der Waals surface area contributed by atoms with Crippen LogP contribution in [-0.4, -0.2) is 10.6 Å². The highest BCUT2D eigenvalue weighted by Gasteiger charge is 2.03. The lowest BCUT2D eigenvalue weighted by Gasteiger charge is -2.08. The van der Waals surface area contributed by atoms with Crippen molar-refractivity contribution in [3.8, 4) is 0 Å². The number of aromatic nitrogens is 1. The second-order valence-corrected chi connectivity index (χ2v) is 3.65. The first-order valence-electron chi connectivity index (χ1n) is 4.67. The normalized spacial score (nSPS) is 13.4. The van der Waals surface area contributed by atoms with Gasteiger partial charge in [-0.2, -0.15) is 0 Å². The van der Waals surface area contributed by atoms with E-state index in [0.29, 0.717) is 6.54 Å². The van der Waals surface area contributed by atoms with Crippen molar-refractivity contribution < 1.29 is 4.39 Å². The Bertz CT molecular complexity index is 445. The van der Waals surface area contributed by atoms with Gasteiger partial charge in [0.2, 0.25) is 0 Å². The molecule has 0 amide bonds. The molecule has 0 unspecified atom stereocenters. The third-order valence-electron chi connectivity index (χ3n) is 2.22. The molecule has 0 saturated carbocycles. The van der Waals surface area contributed by atoms with Crippen LogP contribution in [0.15, 0.2) is 30.5 Å². The van der Waals surface area contributed by atoms with Gasteiger partial charge in [-0.3, -0.25) is 0 Å². The lowest BCUT2D eigenvalue weighted by Crippen LogP contribution is -2.21. The highest BCUT2D eigenvalue weighted by atomic mass is 19.1. The first-order chi connectivity index (χ1) is 6.66. The van der Waals surface area contributed by atoms with Gasteiger partial charge in [-0.25, -0.2) is 4.39 Å². The summed E-state index contributed by atoms with van der Waals surface area (Å²) in [5, 5.41) is 1.05. The number of hydrogen-bond donors (Lipinski definition) is 1. The van der Waals surface area contributed by atoms with E-state index < -0.39 is 0 Å². The van der Waals surface area contributed by atoms with Gasteiger partial charge in [0, 0.05) is 18.8 Å². The van der Waals surface area contributed by atoms with Gasteiger partial charge in [-0.1, -0.05) is 0 Å². The van der Waals surface area contributed by atoms with Gasteiger partial charge in [0.15, 0.2) is 0 Å². The van der Waals surface area contributed by atoms with Crippen LogP contribution in [0.4, 0.5) is 4.39 Å². The zero-order chi connectivity index (χ0) is 10.1. The maximum atomic E-state index is 13.0. The van der Waals surface area contributed by atoms with Gasteiger partial charge >= 0.3 is 0 Å². The molecule has 0 radical (unpaired) electrons. The Hall–Kier alpha value is -1.35. The van der Waals surface area contributed by atoms with Crippen molar-refractivity contribution in [2.24, 2.45) is 5.73 Å². The SMILES string of the molecule is C[C@@H](N)Cn1ccc2ccc(F)cc21. The van der Waals surface area contributed by atoms with E-state index in [4.69, 9.17) is 5.73 Å². The van der Waals surface area contributed by atoms with Gasteiger partial charge in [0.25, 0.3) is 0 Å². The molecule has 0 aliphatic carbocycles. The molecule has 74 valence electrons. The number of benzene rings is 1. The van der Waals surface area contributed by atoms with Crippen molar-refractivity contribution in [3.05, 3.63) is 36.3 Å². The van der Waals surface area contributed by atoms with E-state index >= 15 is 0 Å². The van der Waals surface area contributed by atoms with Crippen molar-refractivity contribution in [1.82, 2.24) is 4.57 Å². The highest BCUT2D eigenvalue weighted by molar-refractivity contribution is 5.80. The Kier molecular flexibility index (Phi) is 2.25. The number of fused-ring (bicyclic) bond motifs is 1. The highest BCUT2D eigenvalue weighted by Crippen LogP contribution is 2.17. The molecule has 14 heavy (non-hydrogen) atoms. The molecule has 2 rings (SSSR count). The summed E-state index contributed by atoms with van der Waals surface area (Å²) >= 11 is 0. The van der Waals surface area contributed by atoms with Crippen LogP contribution in [0.1, 0.15) is 6.92 Å². The molecule has 1 aromatic heterocycles. The molecule has 0 fully saturated rings. The van der Waals surface area contributed by atoms with Crippen LogP contribution in [-0.2, 0) is 6.54 Å². The van der Waals surface area contributed by atoms with Crippen LogP contribution < -0.4 is 5.73 Å². The molecule has 0 aliphatic rings. The van der Waals surface area contributed by atoms with E-state index in [1.165, 1.54) is 12.1 Å². The topological polar surface area (TPSA) is 30.9 Å².